The molecule has 0 bridgehead atoms. The van der Waals surface area contributed by atoms with Crippen LogP contribution in [0.1, 0.15) is 17.0 Å². The van der Waals surface area contributed by atoms with Crippen LogP contribution in [-0.2, 0) is 11.2 Å². The lowest BCUT2D eigenvalue weighted by Gasteiger charge is -2.12. The molecule has 0 aliphatic rings. The van der Waals surface area contributed by atoms with Crippen molar-refractivity contribution in [2.75, 3.05) is 0 Å². The van der Waals surface area contributed by atoms with Gasteiger partial charge in [0.05, 0.1) is 0 Å². The minimum atomic E-state index is -0.406. The van der Waals surface area contributed by atoms with Crippen molar-refractivity contribution in [3.8, 4) is 17.2 Å². The number of hydrogen-bond acceptors (Lipinski definition) is 4. The summed E-state index contributed by atoms with van der Waals surface area (Å²) < 4.78 is 0. The highest BCUT2D eigenvalue weighted by Gasteiger charge is 2.14. The maximum Gasteiger partial charge on any atom is 0.127 e. The van der Waals surface area contributed by atoms with Gasteiger partial charge in [-0.15, -0.1) is 0 Å². The predicted octanol–water partition coefficient (Wildman–Crippen LogP) is 2.33. The van der Waals surface area contributed by atoms with E-state index >= 15 is 0 Å². The molecule has 0 saturated heterocycles. The molecule has 2 rings (SSSR count). The first-order chi connectivity index (χ1) is 9.10. The lowest BCUT2D eigenvalue weighted by Crippen LogP contribution is -2.04. The van der Waals surface area contributed by atoms with Gasteiger partial charge in [-0.2, -0.15) is 0 Å². The summed E-state index contributed by atoms with van der Waals surface area (Å²) in [7, 11) is 0. The van der Waals surface area contributed by atoms with Crippen LogP contribution in [0.25, 0.3) is 0 Å². The van der Waals surface area contributed by atoms with Gasteiger partial charge in [-0.25, -0.2) is 0 Å². The molecule has 2 aromatic carbocycles. The number of phenolic OH excluding ortho intramolecular Hbond substituents is 3. The number of rotatable bonds is 4. The number of carbonyl (C=O) groups excluding carboxylic acids is 1. The van der Waals surface area contributed by atoms with Gasteiger partial charge in [0.2, 0.25) is 0 Å². The van der Waals surface area contributed by atoms with Gasteiger partial charge >= 0.3 is 0 Å². The summed E-state index contributed by atoms with van der Waals surface area (Å²) in [5.41, 5.74) is 1.35. The second-order valence-corrected chi connectivity index (χ2v) is 4.35. The van der Waals surface area contributed by atoms with Crippen LogP contribution in [0.5, 0.6) is 17.2 Å². The van der Waals surface area contributed by atoms with Crippen LogP contribution in [0.3, 0.4) is 0 Å². The largest absolute Gasteiger partial charge is 0.508 e. The monoisotopic (exact) mass is 258 g/mol. The van der Waals surface area contributed by atoms with Gasteiger partial charge in [-0.05, 0) is 35.7 Å². The quantitative estimate of drug-likeness (QED) is 0.735. The number of phenols is 3. The van der Waals surface area contributed by atoms with Crippen LogP contribution in [0.2, 0.25) is 0 Å². The minimum absolute atomic E-state index is 0.0199. The number of aldehydes is 1. The van der Waals surface area contributed by atoms with Gasteiger partial charge in [0.25, 0.3) is 0 Å². The normalized spacial score (nSPS) is 12.0. The molecule has 0 saturated carbocycles. The maximum atomic E-state index is 11.2. The molecular weight excluding hydrogens is 244 g/mol. The van der Waals surface area contributed by atoms with Crippen LogP contribution >= 0.6 is 0 Å². The highest BCUT2D eigenvalue weighted by molar-refractivity contribution is 5.63. The summed E-state index contributed by atoms with van der Waals surface area (Å²) in [4.78, 5) is 11.2. The average molecular weight is 258 g/mol. The van der Waals surface area contributed by atoms with E-state index < -0.39 is 5.92 Å². The Bertz CT molecular complexity index is 575. The maximum absolute atomic E-state index is 11.2. The van der Waals surface area contributed by atoms with Gasteiger partial charge in [0, 0.05) is 12.0 Å². The van der Waals surface area contributed by atoms with Crippen LogP contribution in [0.15, 0.2) is 42.5 Å². The molecule has 0 heterocycles. The van der Waals surface area contributed by atoms with Gasteiger partial charge < -0.3 is 20.1 Å². The van der Waals surface area contributed by atoms with Crippen molar-refractivity contribution in [3.05, 3.63) is 53.6 Å². The molecule has 4 heteroatoms. The van der Waals surface area contributed by atoms with Crippen molar-refractivity contribution in [3.63, 3.8) is 0 Å². The molecule has 0 aromatic heterocycles. The summed E-state index contributed by atoms with van der Waals surface area (Å²) in [6.45, 7) is 0. The summed E-state index contributed by atoms with van der Waals surface area (Å²) in [6.07, 6.45) is 1.14. The Hall–Kier alpha value is -2.49. The first kappa shape index (κ1) is 13.0. The summed E-state index contributed by atoms with van der Waals surface area (Å²) >= 11 is 0. The first-order valence-corrected chi connectivity index (χ1v) is 5.85. The Labute approximate surface area is 110 Å². The van der Waals surface area contributed by atoms with Gasteiger partial charge in [0.15, 0.2) is 0 Å². The molecular formula is C15H14O4. The SMILES string of the molecule is O=C[C@@H](Cc1ccc(O)cc1O)c1ccc(O)cc1. The van der Waals surface area contributed by atoms with Crippen LogP contribution < -0.4 is 0 Å². The summed E-state index contributed by atoms with van der Waals surface area (Å²) in [5, 5.41) is 28.1. The van der Waals surface area contributed by atoms with E-state index in [0.29, 0.717) is 12.0 Å². The third kappa shape index (κ3) is 3.04. The van der Waals surface area contributed by atoms with Crippen LogP contribution in [0.4, 0.5) is 0 Å². The van der Waals surface area contributed by atoms with Crippen molar-refractivity contribution in [1.82, 2.24) is 0 Å². The first-order valence-electron chi connectivity index (χ1n) is 5.85. The van der Waals surface area contributed by atoms with Crippen molar-refractivity contribution in [2.24, 2.45) is 0 Å². The van der Waals surface area contributed by atoms with Crippen LogP contribution in [-0.4, -0.2) is 21.6 Å². The van der Waals surface area contributed by atoms with E-state index in [9.17, 15) is 20.1 Å². The van der Waals surface area contributed by atoms with E-state index in [1.165, 1.54) is 24.3 Å². The molecule has 1 atom stereocenters. The van der Waals surface area contributed by atoms with Gasteiger partial charge in [-0.1, -0.05) is 18.2 Å². The smallest absolute Gasteiger partial charge is 0.127 e. The van der Waals surface area contributed by atoms with Gasteiger partial charge in [0.1, 0.15) is 23.5 Å². The fourth-order valence-electron chi connectivity index (χ4n) is 1.93. The third-order valence-electron chi connectivity index (χ3n) is 2.99. The van der Waals surface area contributed by atoms with Crippen molar-refractivity contribution in [1.29, 1.82) is 0 Å². The fraction of sp³-hybridized carbons (Fsp3) is 0.133. The van der Waals surface area contributed by atoms with Crippen molar-refractivity contribution in [2.45, 2.75) is 12.3 Å². The molecule has 0 unspecified atom stereocenters. The third-order valence-corrected chi connectivity index (χ3v) is 2.99. The Morgan fingerprint density at radius 2 is 1.58 bits per heavy atom. The zero-order valence-corrected chi connectivity index (χ0v) is 10.2. The lowest BCUT2D eigenvalue weighted by molar-refractivity contribution is -0.109. The van der Waals surface area contributed by atoms with Crippen molar-refractivity contribution < 1.29 is 20.1 Å². The molecule has 98 valence electrons. The van der Waals surface area contributed by atoms with Gasteiger partial charge in [-0.3, -0.25) is 0 Å². The Morgan fingerprint density at radius 1 is 0.947 bits per heavy atom. The molecule has 4 nitrogen and oxygen atoms in total. The number of hydrogen-bond donors (Lipinski definition) is 3. The number of carbonyl (C=O) groups is 1. The summed E-state index contributed by atoms with van der Waals surface area (Å²) in [5.74, 6) is -0.323. The molecule has 0 aliphatic heterocycles. The van der Waals surface area contributed by atoms with E-state index in [1.54, 1.807) is 18.2 Å². The van der Waals surface area contributed by atoms with Crippen molar-refractivity contribution >= 4 is 6.29 Å². The summed E-state index contributed by atoms with van der Waals surface area (Å²) in [6, 6.07) is 10.7. The second kappa shape index (κ2) is 5.44. The molecule has 0 spiro atoms. The zero-order valence-electron chi connectivity index (χ0n) is 10.2. The fourth-order valence-corrected chi connectivity index (χ4v) is 1.93. The molecule has 0 aliphatic carbocycles. The molecule has 2 aromatic rings. The molecule has 0 amide bonds. The average Bonchev–Trinajstić information content (AvgIpc) is 2.39. The Kier molecular flexibility index (Phi) is 3.71. The zero-order chi connectivity index (χ0) is 13.8. The lowest BCUT2D eigenvalue weighted by atomic mass is 9.93. The minimum Gasteiger partial charge on any atom is -0.508 e. The number of benzene rings is 2. The van der Waals surface area contributed by atoms with E-state index in [4.69, 9.17) is 0 Å². The predicted molar refractivity (Wildman–Crippen MR) is 70.4 cm³/mol. The highest BCUT2D eigenvalue weighted by atomic mass is 16.3. The molecule has 19 heavy (non-hydrogen) atoms. The standard InChI is InChI=1S/C15H14O4/c16-9-12(10-1-4-13(17)5-2-10)7-11-3-6-14(18)8-15(11)19/h1-6,8-9,12,17-19H,7H2/t12-/m1/s1. The van der Waals surface area contributed by atoms with E-state index in [2.05, 4.69) is 0 Å². The molecule has 3 N–H and O–H groups in total. The topological polar surface area (TPSA) is 77.8 Å². The van der Waals surface area contributed by atoms with Crippen LogP contribution in [0, 0.1) is 0 Å². The number of aromatic hydroxyl groups is 3. The second-order valence-electron chi connectivity index (χ2n) is 4.35. The van der Waals surface area contributed by atoms with E-state index in [-0.39, 0.29) is 17.2 Å². The van der Waals surface area contributed by atoms with E-state index in [0.717, 1.165) is 11.8 Å². The highest BCUT2D eigenvalue weighted by Crippen LogP contribution is 2.28. The van der Waals surface area contributed by atoms with E-state index in [1.807, 2.05) is 0 Å². The Morgan fingerprint density at radius 3 is 2.16 bits per heavy atom. The Balaban J connectivity index is 2.23. The molecule has 0 radical (unpaired) electrons. The molecule has 0 fully saturated rings.